The molecule has 0 atom stereocenters. The van der Waals surface area contributed by atoms with Crippen molar-refractivity contribution in [3.05, 3.63) is 36.0 Å². The van der Waals surface area contributed by atoms with E-state index in [4.69, 9.17) is 5.73 Å². The third-order valence-electron chi connectivity index (χ3n) is 5.74. The van der Waals surface area contributed by atoms with Crippen molar-refractivity contribution >= 4 is 35.1 Å². The summed E-state index contributed by atoms with van der Waals surface area (Å²) in [5, 5.41) is 21.1. The summed E-state index contributed by atoms with van der Waals surface area (Å²) in [6, 6.07) is 6.74. The van der Waals surface area contributed by atoms with Crippen molar-refractivity contribution in [2.24, 2.45) is 5.73 Å². The van der Waals surface area contributed by atoms with Crippen molar-refractivity contribution in [2.75, 3.05) is 16.4 Å². The zero-order valence-corrected chi connectivity index (χ0v) is 22.1. The molecular weight excluding hydrogens is 521 g/mol. The van der Waals surface area contributed by atoms with E-state index in [0.717, 1.165) is 12.8 Å². The lowest BCUT2D eigenvalue weighted by Crippen LogP contribution is -2.60. The Morgan fingerprint density at radius 1 is 1.24 bits per heavy atom. The quantitative estimate of drug-likeness (QED) is 0.306. The van der Waals surface area contributed by atoms with E-state index in [2.05, 4.69) is 69.1 Å². The Morgan fingerprint density at radius 3 is 2.61 bits per heavy atom. The number of amides is 1. The summed E-state index contributed by atoms with van der Waals surface area (Å²) >= 11 is 0.488. The third kappa shape index (κ3) is 7.10. The molecule has 0 spiro atoms. The van der Waals surface area contributed by atoms with Gasteiger partial charge in [-0.3, -0.25) is 4.79 Å². The molecule has 0 saturated carbocycles. The first-order chi connectivity index (χ1) is 17.7. The molecule has 1 amide bonds. The molecule has 4 rings (SSSR count). The molecule has 0 radical (unpaired) electrons. The molecule has 3 heterocycles. The van der Waals surface area contributed by atoms with Crippen LogP contribution < -0.4 is 21.7 Å². The van der Waals surface area contributed by atoms with Gasteiger partial charge in [0.2, 0.25) is 11.1 Å². The van der Waals surface area contributed by atoms with E-state index in [1.54, 1.807) is 24.3 Å². The molecule has 1 aliphatic rings. The molecule has 15 heteroatoms. The first kappa shape index (κ1) is 27.6. The van der Waals surface area contributed by atoms with Gasteiger partial charge in [-0.2, -0.15) is 22.8 Å². The Kier molecular flexibility index (Phi) is 7.52. The Hall–Kier alpha value is -3.46. The van der Waals surface area contributed by atoms with Gasteiger partial charge in [0.25, 0.3) is 5.91 Å². The molecule has 0 unspecified atom stereocenters. The summed E-state index contributed by atoms with van der Waals surface area (Å²) in [6.07, 6.45) is -1.41. The van der Waals surface area contributed by atoms with Gasteiger partial charge in [0.1, 0.15) is 5.82 Å². The number of benzene rings is 1. The summed E-state index contributed by atoms with van der Waals surface area (Å²) in [4.78, 5) is 20.8. The lowest BCUT2D eigenvalue weighted by atomic mass is 9.79. The number of aromatic nitrogens is 6. The molecule has 0 aliphatic carbocycles. The van der Waals surface area contributed by atoms with Crippen LogP contribution in [-0.4, -0.2) is 65.1 Å². The maximum atomic E-state index is 12.7. The highest BCUT2D eigenvalue weighted by Gasteiger charge is 2.38. The molecule has 3 aromatic rings. The average Bonchev–Trinajstić information content (AvgIpc) is 3.24. The molecule has 1 fully saturated rings. The van der Waals surface area contributed by atoms with Gasteiger partial charge in [-0.1, -0.05) is 17.8 Å². The average molecular weight is 551 g/mol. The molecule has 204 valence electrons. The minimum atomic E-state index is -4.36. The van der Waals surface area contributed by atoms with Crippen LogP contribution >= 0.6 is 11.8 Å². The Labute approximate surface area is 221 Å². The number of carbonyl (C=O) groups is 1. The minimum Gasteiger partial charge on any atom is -0.366 e. The molecule has 1 aliphatic heterocycles. The number of nitrogens with two attached hydrogens (primary N) is 1. The number of tetrazole rings is 1. The number of rotatable bonds is 8. The smallest absolute Gasteiger partial charge is 0.366 e. The van der Waals surface area contributed by atoms with Crippen LogP contribution in [0.2, 0.25) is 0 Å². The van der Waals surface area contributed by atoms with Gasteiger partial charge in [0.15, 0.2) is 0 Å². The zero-order valence-electron chi connectivity index (χ0n) is 21.3. The normalized spacial score (nSPS) is 17.2. The number of hydrogen-bond acceptors (Lipinski definition) is 10. The van der Waals surface area contributed by atoms with Crippen molar-refractivity contribution < 1.29 is 18.0 Å². The highest BCUT2D eigenvalue weighted by atomic mass is 32.2. The largest absolute Gasteiger partial charge is 0.398 e. The number of nitrogens with one attached hydrogen (secondary N) is 3. The number of alkyl halides is 3. The predicted octanol–water partition coefficient (Wildman–Crippen LogP) is 3.67. The summed E-state index contributed by atoms with van der Waals surface area (Å²) < 4.78 is 39.2. The van der Waals surface area contributed by atoms with Gasteiger partial charge < -0.3 is 21.7 Å². The first-order valence-electron chi connectivity index (χ1n) is 11.8. The third-order valence-corrected chi connectivity index (χ3v) is 6.72. The van der Waals surface area contributed by atoms with Gasteiger partial charge in [-0.05, 0) is 69.2 Å². The number of primary amides is 1. The second-order valence-corrected chi connectivity index (χ2v) is 11.4. The topological polar surface area (TPSA) is 149 Å². The van der Waals surface area contributed by atoms with Crippen LogP contribution in [0.15, 0.2) is 35.6 Å². The van der Waals surface area contributed by atoms with Crippen molar-refractivity contribution in [2.45, 2.75) is 69.0 Å². The Bertz CT molecular complexity index is 1290. The second-order valence-electron chi connectivity index (χ2n) is 10.4. The van der Waals surface area contributed by atoms with Crippen molar-refractivity contribution in [3.8, 4) is 5.69 Å². The highest BCUT2D eigenvalue weighted by molar-refractivity contribution is 7.99. The molecule has 1 saturated heterocycles. The lowest BCUT2D eigenvalue weighted by molar-refractivity contribution is -0.105. The van der Waals surface area contributed by atoms with Crippen LogP contribution in [0.3, 0.4) is 0 Å². The predicted molar refractivity (Wildman–Crippen MR) is 138 cm³/mol. The van der Waals surface area contributed by atoms with E-state index in [9.17, 15) is 18.0 Å². The first-order valence-corrected chi connectivity index (χ1v) is 12.8. The summed E-state index contributed by atoms with van der Waals surface area (Å²) in [6.45, 7) is 8.48. The number of thioether (sulfide) groups is 1. The van der Waals surface area contributed by atoms with E-state index < -0.39 is 17.8 Å². The number of halogens is 3. The fourth-order valence-corrected chi connectivity index (χ4v) is 5.42. The van der Waals surface area contributed by atoms with Crippen molar-refractivity contribution in [1.82, 2.24) is 35.5 Å². The second kappa shape index (κ2) is 10.4. The van der Waals surface area contributed by atoms with Crippen molar-refractivity contribution in [3.63, 3.8) is 0 Å². The van der Waals surface area contributed by atoms with E-state index in [1.807, 2.05) is 0 Å². The number of carbonyl (C=O) groups excluding carboxylic acids is 1. The number of nitrogens with zero attached hydrogens (tertiary/aromatic N) is 6. The Balaban J connectivity index is 1.56. The number of hydrogen-bond donors (Lipinski definition) is 4. The van der Waals surface area contributed by atoms with Crippen LogP contribution in [0.1, 0.15) is 50.9 Å². The fraction of sp³-hybridized carbons (Fsp3) is 0.478. The molecular formula is C23H29F3N10OS. The van der Waals surface area contributed by atoms with E-state index >= 15 is 0 Å². The molecule has 11 nitrogen and oxygen atoms in total. The molecule has 5 N–H and O–H groups in total. The highest BCUT2D eigenvalue weighted by Crippen LogP contribution is 2.31. The van der Waals surface area contributed by atoms with Crippen LogP contribution in [-0.2, 0) is 0 Å². The fourth-order valence-electron chi connectivity index (χ4n) is 4.77. The van der Waals surface area contributed by atoms with Crippen molar-refractivity contribution in [1.29, 1.82) is 0 Å². The van der Waals surface area contributed by atoms with Crippen LogP contribution in [0.25, 0.3) is 5.69 Å². The van der Waals surface area contributed by atoms with Gasteiger partial charge in [0, 0.05) is 29.0 Å². The molecule has 38 heavy (non-hydrogen) atoms. The standard InChI is InChI=1S/C23H29F3N10OS/c1-21(2)9-14(10-22(3,4)33-21)29-18-16(17(27)37)11-28-19(31-18)30-13-6-5-7-15(8-13)36-20(32-34-35-36)38-12-23(24,25)26/h5-8,11,14,33H,9-10,12H2,1-4H3,(H2,27,37)(H2,28,29,30,31). The maximum absolute atomic E-state index is 12.7. The van der Waals surface area contributed by atoms with Crippen LogP contribution in [0.5, 0.6) is 0 Å². The van der Waals surface area contributed by atoms with E-state index in [0.29, 0.717) is 29.0 Å². The molecule has 1 aromatic carbocycles. The summed E-state index contributed by atoms with van der Waals surface area (Å²) in [5.41, 5.74) is 6.46. The Morgan fingerprint density at radius 2 is 1.95 bits per heavy atom. The van der Waals surface area contributed by atoms with E-state index in [-0.39, 0.29) is 33.8 Å². The number of anilines is 3. The summed E-state index contributed by atoms with van der Waals surface area (Å²) in [7, 11) is 0. The van der Waals surface area contributed by atoms with E-state index in [1.165, 1.54) is 10.9 Å². The minimum absolute atomic E-state index is 0.000780. The monoisotopic (exact) mass is 550 g/mol. The molecule has 2 aromatic heterocycles. The van der Waals surface area contributed by atoms with Gasteiger partial charge in [-0.15, -0.1) is 5.10 Å². The van der Waals surface area contributed by atoms with Gasteiger partial charge in [-0.25, -0.2) is 4.98 Å². The van der Waals surface area contributed by atoms with Crippen LogP contribution in [0.4, 0.5) is 30.6 Å². The molecule has 0 bridgehead atoms. The van der Waals surface area contributed by atoms with Gasteiger partial charge in [0.05, 0.1) is 17.0 Å². The van der Waals surface area contributed by atoms with Crippen LogP contribution in [0, 0.1) is 0 Å². The SMILES string of the molecule is CC1(C)CC(Nc2nc(Nc3cccc(-n4nnnc4SCC(F)(F)F)c3)ncc2C(N)=O)CC(C)(C)N1. The van der Waals surface area contributed by atoms with Gasteiger partial charge >= 0.3 is 6.18 Å². The summed E-state index contributed by atoms with van der Waals surface area (Å²) in [5.74, 6) is -1.26. The zero-order chi connectivity index (χ0) is 27.7. The maximum Gasteiger partial charge on any atom is 0.398 e. The number of piperidine rings is 1. The lowest BCUT2D eigenvalue weighted by Gasteiger charge is -2.46.